The Balaban J connectivity index is 2.94. The standard InChI is InChI=1S/C16H21NO4/c1-6-12(10(2)14(18)19)11-7-8-13(17-9-11)15(20)21-16(3,4)5/h7-9,12H,2,6H2,1,3-5H3,(H,18,19). The van der Waals surface area contributed by atoms with Crippen LogP contribution < -0.4 is 0 Å². The molecule has 5 heteroatoms. The van der Waals surface area contributed by atoms with Gasteiger partial charge in [0, 0.05) is 17.7 Å². The number of carboxylic acid groups (broad SMARTS) is 1. The number of hydrogen-bond donors (Lipinski definition) is 1. The average Bonchev–Trinajstić information content (AvgIpc) is 2.38. The van der Waals surface area contributed by atoms with Crippen LogP contribution in [0.5, 0.6) is 0 Å². The van der Waals surface area contributed by atoms with E-state index in [1.165, 1.54) is 6.20 Å². The summed E-state index contributed by atoms with van der Waals surface area (Å²) in [4.78, 5) is 26.9. The first kappa shape index (κ1) is 16.9. The van der Waals surface area contributed by atoms with Gasteiger partial charge in [0.25, 0.3) is 0 Å². The van der Waals surface area contributed by atoms with E-state index in [0.29, 0.717) is 6.42 Å². The molecule has 1 heterocycles. The monoisotopic (exact) mass is 291 g/mol. The Morgan fingerprint density at radius 2 is 2.00 bits per heavy atom. The van der Waals surface area contributed by atoms with Gasteiger partial charge in [-0.25, -0.2) is 14.6 Å². The lowest BCUT2D eigenvalue weighted by molar-refractivity contribution is -0.132. The molecule has 0 aromatic carbocycles. The van der Waals surface area contributed by atoms with Gasteiger partial charge in [0.05, 0.1) is 0 Å². The van der Waals surface area contributed by atoms with Gasteiger partial charge in [0.2, 0.25) is 0 Å². The summed E-state index contributed by atoms with van der Waals surface area (Å²) in [6, 6.07) is 3.23. The average molecular weight is 291 g/mol. The lowest BCUT2D eigenvalue weighted by Crippen LogP contribution is -2.24. The molecule has 0 radical (unpaired) electrons. The molecule has 0 spiro atoms. The van der Waals surface area contributed by atoms with Crippen molar-refractivity contribution in [3.63, 3.8) is 0 Å². The van der Waals surface area contributed by atoms with E-state index in [2.05, 4.69) is 11.6 Å². The van der Waals surface area contributed by atoms with Crippen LogP contribution in [0.3, 0.4) is 0 Å². The van der Waals surface area contributed by atoms with E-state index in [0.717, 1.165) is 5.56 Å². The van der Waals surface area contributed by atoms with Gasteiger partial charge in [-0.2, -0.15) is 0 Å². The van der Waals surface area contributed by atoms with Crippen molar-refractivity contribution in [1.82, 2.24) is 4.98 Å². The second-order valence-electron chi connectivity index (χ2n) is 5.77. The largest absolute Gasteiger partial charge is 0.478 e. The second kappa shape index (κ2) is 6.52. The summed E-state index contributed by atoms with van der Waals surface area (Å²) in [6.07, 6.45) is 2.10. The highest BCUT2D eigenvalue weighted by Gasteiger charge is 2.21. The molecule has 0 aliphatic heterocycles. The molecule has 1 rings (SSSR count). The van der Waals surface area contributed by atoms with E-state index in [4.69, 9.17) is 9.84 Å². The minimum Gasteiger partial charge on any atom is -0.478 e. The number of carboxylic acids is 1. The molecule has 1 unspecified atom stereocenters. The summed E-state index contributed by atoms with van der Waals surface area (Å²) in [5.41, 5.74) is 0.451. The molecule has 1 atom stereocenters. The smallest absolute Gasteiger partial charge is 0.357 e. The van der Waals surface area contributed by atoms with E-state index < -0.39 is 17.5 Å². The summed E-state index contributed by atoms with van der Waals surface area (Å²) in [6.45, 7) is 10.8. The number of carbonyl (C=O) groups excluding carboxylic acids is 1. The van der Waals surface area contributed by atoms with Crippen molar-refractivity contribution in [1.29, 1.82) is 0 Å². The van der Waals surface area contributed by atoms with Crippen LogP contribution in [0.15, 0.2) is 30.5 Å². The minimum absolute atomic E-state index is 0.115. The number of carbonyl (C=O) groups is 2. The number of pyridine rings is 1. The highest BCUT2D eigenvalue weighted by Crippen LogP contribution is 2.26. The Morgan fingerprint density at radius 3 is 2.38 bits per heavy atom. The predicted molar refractivity (Wildman–Crippen MR) is 79.2 cm³/mol. The molecule has 1 aromatic heterocycles. The topological polar surface area (TPSA) is 76.5 Å². The number of ether oxygens (including phenoxy) is 1. The Labute approximate surface area is 124 Å². The molecule has 5 nitrogen and oxygen atoms in total. The van der Waals surface area contributed by atoms with E-state index in [9.17, 15) is 9.59 Å². The van der Waals surface area contributed by atoms with Crippen molar-refractivity contribution in [3.05, 3.63) is 41.7 Å². The van der Waals surface area contributed by atoms with Crippen LogP contribution in [0.1, 0.15) is 56.1 Å². The highest BCUT2D eigenvalue weighted by molar-refractivity contribution is 5.88. The van der Waals surface area contributed by atoms with E-state index in [-0.39, 0.29) is 17.2 Å². The van der Waals surface area contributed by atoms with Gasteiger partial charge < -0.3 is 9.84 Å². The third-order valence-electron chi connectivity index (χ3n) is 2.90. The van der Waals surface area contributed by atoms with Gasteiger partial charge in [-0.15, -0.1) is 0 Å². The highest BCUT2D eigenvalue weighted by atomic mass is 16.6. The lowest BCUT2D eigenvalue weighted by Gasteiger charge is -2.19. The Hall–Kier alpha value is -2.17. The van der Waals surface area contributed by atoms with Crippen LogP contribution in [0, 0.1) is 0 Å². The maximum absolute atomic E-state index is 11.9. The second-order valence-corrected chi connectivity index (χ2v) is 5.77. The molecule has 21 heavy (non-hydrogen) atoms. The first-order valence-corrected chi connectivity index (χ1v) is 6.77. The molecule has 1 aromatic rings. The van der Waals surface area contributed by atoms with Crippen LogP contribution in [0.25, 0.3) is 0 Å². The summed E-state index contributed by atoms with van der Waals surface area (Å²) in [5, 5.41) is 9.02. The van der Waals surface area contributed by atoms with Crippen molar-refractivity contribution in [3.8, 4) is 0 Å². The zero-order valence-corrected chi connectivity index (χ0v) is 12.8. The number of nitrogens with zero attached hydrogens (tertiary/aromatic N) is 1. The lowest BCUT2D eigenvalue weighted by atomic mass is 9.91. The van der Waals surface area contributed by atoms with Crippen LogP contribution in [-0.4, -0.2) is 27.6 Å². The summed E-state index contributed by atoms with van der Waals surface area (Å²) in [7, 11) is 0. The number of rotatable bonds is 5. The fraction of sp³-hybridized carbons (Fsp3) is 0.438. The Morgan fingerprint density at radius 1 is 1.38 bits per heavy atom. The first-order valence-electron chi connectivity index (χ1n) is 6.77. The summed E-state index contributed by atoms with van der Waals surface area (Å²) >= 11 is 0. The van der Waals surface area contributed by atoms with Crippen molar-refractivity contribution in [2.45, 2.75) is 45.6 Å². The molecular formula is C16H21NO4. The van der Waals surface area contributed by atoms with Crippen LogP contribution >= 0.6 is 0 Å². The Kier molecular flexibility index (Phi) is 5.24. The summed E-state index contributed by atoms with van der Waals surface area (Å²) < 4.78 is 5.22. The molecule has 114 valence electrons. The zero-order chi connectivity index (χ0) is 16.2. The minimum atomic E-state index is -1.03. The molecular weight excluding hydrogens is 270 g/mol. The van der Waals surface area contributed by atoms with Gasteiger partial charge in [0.1, 0.15) is 11.3 Å². The molecule has 0 saturated heterocycles. The molecule has 0 fully saturated rings. The maximum Gasteiger partial charge on any atom is 0.357 e. The molecule has 0 saturated carbocycles. The quantitative estimate of drug-likeness (QED) is 0.666. The molecule has 0 amide bonds. The first-order chi connectivity index (χ1) is 9.65. The van der Waals surface area contributed by atoms with Crippen molar-refractivity contribution in [2.75, 3.05) is 0 Å². The van der Waals surface area contributed by atoms with Crippen molar-refractivity contribution in [2.24, 2.45) is 0 Å². The van der Waals surface area contributed by atoms with Crippen LogP contribution in [0.2, 0.25) is 0 Å². The number of hydrogen-bond acceptors (Lipinski definition) is 4. The van der Waals surface area contributed by atoms with E-state index in [1.54, 1.807) is 32.9 Å². The fourth-order valence-electron chi connectivity index (χ4n) is 1.89. The molecule has 1 N–H and O–H groups in total. The third kappa shape index (κ3) is 4.70. The number of aromatic nitrogens is 1. The third-order valence-corrected chi connectivity index (χ3v) is 2.90. The van der Waals surface area contributed by atoms with Crippen molar-refractivity contribution < 1.29 is 19.4 Å². The fourth-order valence-corrected chi connectivity index (χ4v) is 1.89. The number of esters is 1. The normalized spacial score (nSPS) is 12.6. The van der Waals surface area contributed by atoms with Gasteiger partial charge in [0.15, 0.2) is 0 Å². The molecule has 0 bridgehead atoms. The SMILES string of the molecule is C=C(C(=O)O)C(CC)c1ccc(C(=O)OC(C)(C)C)nc1. The van der Waals surface area contributed by atoms with Gasteiger partial charge in [-0.05, 0) is 38.8 Å². The van der Waals surface area contributed by atoms with E-state index in [1.807, 2.05) is 6.92 Å². The predicted octanol–water partition coefficient (Wildman–Crippen LogP) is 3.17. The van der Waals surface area contributed by atoms with Crippen LogP contribution in [-0.2, 0) is 9.53 Å². The molecule has 0 aliphatic rings. The van der Waals surface area contributed by atoms with E-state index >= 15 is 0 Å². The van der Waals surface area contributed by atoms with Gasteiger partial charge >= 0.3 is 11.9 Å². The van der Waals surface area contributed by atoms with Crippen molar-refractivity contribution >= 4 is 11.9 Å². The maximum atomic E-state index is 11.9. The van der Waals surface area contributed by atoms with Crippen LogP contribution in [0.4, 0.5) is 0 Å². The summed E-state index contributed by atoms with van der Waals surface area (Å²) in [5.74, 6) is -1.85. The Bertz CT molecular complexity index is 540. The zero-order valence-electron chi connectivity index (χ0n) is 12.8. The van der Waals surface area contributed by atoms with Gasteiger partial charge in [-0.1, -0.05) is 19.6 Å². The number of aliphatic carboxylic acids is 1. The molecule has 0 aliphatic carbocycles. The van der Waals surface area contributed by atoms with Gasteiger partial charge in [-0.3, -0.25) is 0 Å².